The van der Waals surface area contributed by atoms with Gasteiger partial charge in [-0.05, 0) is 31.2 Å². The Morgan fingerprint density at radius 2 is 1.83 bits per heavy atom. The summed E-state index contributed by atoms with van der Waals surface area (Å²) in [5.74, 6) is 0.956. The molecule has 1 aliphatic rings. The van der Waals surface area contributed by atoms with Gasteiger partial charge in [0.15, 0.2) is 0 Å². The summed E-state index contributed by atoms with van der Waals surface area (Å²) in [4.78, 5) is 0. The minimum atomic E-state index is -0.267. The van der Waals surface area contributed by atoms with Crippen LogP contribution in [0.5, 0.6) is 5.75 Å². The third-order valence-corrected chi connectivity index (χ3v) is 4.50. The Balaban J connectivity index is 2.45. The topological polar surface area (TPSA) is 35.2 Å². The molecular weight excluding hydrogens is 222 g/mol. The van der Waals surface area contributed by atoms with E-state index in [9.17, 15) is 0 Å². The van der Waals surface area contributed by atoms with Crippen LogP contribution < -0.4 is 10.5 Å². The first-order valence-corrected chi connectivity index (χ1v) is 7.02. The molecule has 0 bridgehead atoms. The molecule has 0 heterocycles. The average molecular weight is 247 g/mol. The Bertz CT molecular complexity index is 413. The van der Waals surface area contributed by atoms with Crippen LogP contribution >= 0.6 is 0 Å². The average Bonchev–Trinajstić information content (AvgIpc) is 2.34. The van der Waals surface area contributed by atoms with Gasteiger partial charge in [-0.25, -0.2) is 0 Å². The molecule has 100 valence electrons. The SMILES string of the molecule is CCOc1ccccc1C1(N)CCCCC1(C)C. The van der Waals surface area contributed by atoms with Gasteiger partial charge < -0.3 is 10.5 Å². The number of para-hydroxylation sites is 1. The smallest absolute Gasteiger partial charge is 0.124 e. The third-order valence-electron chi connectivity index (χ3n) is 4.50. The van der Waals surface area contributed by atoms with E-state index >= 15 is 0 Å². The molecule has 1 fully saturated rings. The molecule has 1 aromatic rings. The van der Waals surface area contributed by atoms with Crippen LogP contribution in [0.2, 0.25) is 0 Å². The van der Waals surface area contributed by atoms with Crippen molar-refractivity contribution in [3.8, 4) is 5.75 Å². The van der Waals surface area contributed by atoms with Crippen molar-refractivity contribution in [2.24, 2.45) is 11.1 Å². The highest BCUT2D eigenvalue weighted by Crippen LogP contribution is 2.50. The zero-order chi connectivity index (χ0) is 13.2. The van der Waals surface area contributed by atoms with Gasteiger partial charge in [-0.3, -0.25) is 0 Å². The van der Waals surface area contributed by atoms with E-state index in [1.165, 1.54) is 24.8 Å². The quantitative estimate of drug-likeness (QED) is 0.880. The summed E-state index contributed by atoms with van der Waals surface area (Å²) in [6.45, 7) is 7.28. The molecule has 0 saturated heterocycles. The van der Waals surface area contributed by atoms with Gasteiger partial charge in [0.05, 0.1) is 6.61 Å². The monoisotopic (exact) mass is 247 g/mol. The van der Waals surface area contributed by atoms with Gasteiger partial charge in [-0.15, -0.1) is 0 Å². The zero-order valence-electron chi connectivity index (χ0n) is 11.8. The molecule has 0 spiro atoms. The number of rotatable bonds is 3. The second-order valence-corrected chi connectivity index (χ2v) is 5.99. The van der Waals surface area contributed by atoms with Crippen molar-refractivity contribution in [1.82, 2.24) is 0 Å². The summed E-state index contributed by atoms with van der Waals surface area (Å²) >= 11 is 0. The highest BCUT2D eigenvalue weighted by molar-refractivity contribution is 5.40. The van der Waals surface area contributed by atoms with E-state index in [1.54, 1.807) is 0 Å². The highest BCUT2D eigenvalue weighted by atomic mass is 16.5. The van der Waals surface area contributed by atoms with Crippen LogP contribution in [0.1, 0.15) is 52.0 Å². The summed E-state index contributed by atoms with van der Waals surface area (Å²) in [6.07, 6.45) is 4.72. The van der Waals surface area contributed by atoms with E-state index in [0.29, 0.717) is 6.61 Å². The minimum absolute atomic E-state index is 0.123. The highest BCUT2D eigenvalue weighted by Gasteiger charge is 2.46. The van der Waals surface area contributed by atoms with Crippen molar-refractivity contribution in [3.05, 3.63) is 29.8 Å². The molecule has 2 heteroatoms. The predicted octanol–water partition coefficient (Wildman–Crippen LogP) is 3.84. The maximum atomic E-state index is 6.81. The molecule has 0 aromatic heterocycles. The van der Waals surface area contributed by atoms with Crippen LogP contribution in [-0.2, 0) is 5.54 Å². The Morgan fingerprint density at radius 1 is 1.17 bits per heavy atom. The molecule has 18 heavy (non-hydrogen) atoms. The van der Waals surface area contributed by atoms with Crippen molar-refractivity contribution in [2.75, 3.05) is 6.61 Å². The molecule has 0 radical (unpaired) electrons. The van der Waals surface area contributed by atoms with E-state index in [4.69, 9.17) is 10.5 Å². The number of hydrogen-bond donors (Lipinski definition) is 1. The zero-order valence-corrected chi connectivity index (χ0v) is 11.8. The molecule has 1 atom stereocenters. The Hall–Kier alpha value is -1.02. The van der Waals surface area contributed by atoms with Crippen LogP contribution in [0.15, 0.2) is 24.3 Å². The van der Waals surface area contributed by atoms with Gasteiger partial charge in [0.1, 0.15) is 5.75 Å². The molecule has 1 unspecified atom stereocenters. The van der Waals surface area contributed by atoms with Crippen molar-refractivity contribution in [2.45, 2.75) is 52.0 Å². The lowest BCUT2D eigenvalue weighted by molar-refractivity contribution is 0.0944. The molecule has 1 saturated carbocycles. The van der Waals surface area contributed by atoms with E-state index in [1.807, 2.05) is 19.1 Å². The van der Waals surface area contributed by atoms with Gasteiger partial charge in [0.25, 0.3) is 0 Å². The number of ether oxygens (including phenoxy) is 1. The van der Waals surface area contributed by atoms with Crippen LogP contribution in [-0.4, -0.2) is 6.61 Å². The fraction of sp³-hybridized carbons (Fsp3) is 0.625. The van der Waals surface area contributed by atoms with Crippen molar-refractivity contribution in [1.29, 1.82) is 0 Å². The summed E-state index contributed by atoms with van der Waals surface area (Å²) < 4.78 is 5.77. The van der Waals surface area contributed by atoms with Crippen LogP contribution in [0.25, 0.3) is 0 Å². The molecule has 0 amide bonds. The van der Waals surface area contributed by atoms with Gasteiger partial charge in [-0.2, -0.15) is 0 Å². The van der Waals surface area contributed by atoms with E-state index < -0.39 is 0 Å². The van der Waals surface area contributed by atoms with Crippen LogP contribution in [0, 0.1) is 5.41 Å². The second-order valence-electron chi connectivity index (χ2n) is 5.99. The minimum Gasteiger partial charge on any atom is -0.494 e. The van der Waals surface area contributed by atoms with E-state index in [-0.39, 0.29) is 11.0 Å². The molecule has 2 nitrogen and oxygen atoms in total. The lowest BCUT2D eigenvalue weighted by Gasteiger charge is -2.48. The lowest BCUT2D eigenvalue weighted by Crippen LogP contribution is -2.52. The number of benzene rings is 1. The standard InChI is InChI=1S/C16H25NO/c1-4-18-14-10-6-5-9-13(14)16(17)12-8-7-11-15(16,2)3/h5-6,9-10H,4,7-8,11-12,17H2,1-3H3. The maximum Gasteiger partial charge on any atom is 0.124 e. The van der Waals surface area contributed by atoms with Crippen molar-refractivity contribution >= 4 is 0 Å². The number of nitrogens with two attached hydrogens (primary N) is 1. The first kappa shape index (κ1) is 13.4. The van der Waals surface area contributed by atoms with E-state index in [0.717, 1.165) is 12.2 Å². The van der Waals surface area contributed by atoms with Gasteiger partial charge in [-0.1, -0.05) is 44.9 Å². The normalized spacial score (nSPS) is 26.9. The van der Waals surface area contributed by atoms with Crippen LogP contribution in [0.3, 0.4) is 0 Å². The molecule has 2 rings (SSSR count). The Morgan fingerprint density at radius 3 is 2.50 bits per heavy atom. The molecular formula is C16H25NO. The summed E-state index contributed by atoms with van der Waals surface area (Å²) in [6, 6.07) is 8.26. The predicted molar refractivity (Wildman–Crippen MR) is 75.7 cm³/mol. The van der Waals surface area contributed by atoms with Crippen molar-refractivity contribution < 1.29 is 4.74 Å². The maximum absolute atomic E-state index is 6.81. The summed E-state index contributed by atoms with van der Waals surface area (Å²) in [5, 5.41) is 0. The van der Waals surface area contributed by atoms with Crippen molar-refractivity contribution in [3.63, 3.8) is 0 Å². The summed E-state index contributed by atoms with van der Waals surface area (Å²) in [7, 11) is 0. The molecule has 1 aromatic carbocycles. The molecule has 0 aliphatic heterocycles. The third kappa shape index (κ3) is 2.14. The van der Waals surface area contributed by atoms with Gasteiger partial charge >= 0.3 is 0 Å². The lowest BCUT2D eigenvalue weighted by atomic mass is 9.60. The Labute approximate surface area is 111 Å². The second kappa shape index (κ2) is 4.93. The Kier molecular flexibility index (Phi) is 3.67. The fourth-order valence-corrected chi connectivity index (χ4v) is 3.15. The molecule has 1 aliphatic carbocycles. The largest absolute Gasteiger partial charge is 0.494 e. The molecule has 2 N–H and O–H groups in total. The van der Waals surface area contributed by atoms with E-state index in [2.05, 4.69) is 26.0 Å². The fourth-order valence-electron chi connectivity index (χ4n) is 3.15. The first-order valence-electron chi connectivity index (χ1n) is 7.02. The van der Waals surface area contributed by atoms with Crippen LogP contribution in [0.4, 0.5) is 0 Å². The van der Waals surface area contributed by atoms with Gasteiger partial charge in [0.2, 0.25) is 0 Å². The summed E-state index contributed by atoms with van der Waals surface area (Å²) in [5.41, 5.74) is 7.84. The van der Waals surface area contributed by atoms with Gasteiger partial charge in [0, 0.05) is 11.1 Å². The first-order chi connectivity index (χ1) is 8.51. The number of hydrogen-bond acceptors (Lipinski definition) is 2.